The van der Waals surface area contributed by atoms with Gasteiger partial charge in [0.25, 0.3) is 5.91 Å². The minimum Gasteiger partial charge on any atom is -0.380 e. The number of aliphatic hydroxyl groups is 1. The van der Waals surface area contributed by atoms with Gasteiger partial charge in [-0.1, -0.05) is 24.3 Å². The van der Waals surface area contributed by atoms with Gasteiger partial charge in [0.05, 0.1) is 55.9 Å². The summed E-state index contributed by atoms with van der Waals surface area (Å²) < 4.78 is 10.7. The normalized spacial score (nSPS) is 19.7. The molecule has 190 valence electrons. The molecular formula is C30H26N4O4. The van der Waals surface area contributed by atoms with E-state index >= 15 is 0 Å². The van der Waals surface area contributed by atoms with Crippen LogP contribution in [0.25, 0.3) is 22.2 Å². The maximum atomic E-state index is 13.0. The summed E-state index contributed by atoms with van der Waals surface area (Å²) in [4.78, 5) is 22.3. The molecule has 0 spiro atoms. The van der Waals surface area contributed by atoms with Gasteiger partial charge in [0.2, 0.25) is 0 Å². The Morgan fingerprint density at radius 3 is 2.76 bits per heavy atom. The lowest BCUT2D eigenvalue weighted by Crippen LogP contribution is -2.46. The molecule has 1 saturated heterocycles. The summed E-state index contributed by atoms with van der Waals surface area (Å²) in [6.45, 7) is 3.38. The molecule has 2 N–H and O–H groups in total. The van der Waals surface area contributed by atoms with Crippen LogP contribution in [0.4, 0.5) is 0 Å². The molecule has 0 radical (unpaired) electrons. The minimum atomic E-state index is -0.943. The summed E-state index contributed by atoms with van der Waals surface area (Å²) in [6, 6.07) is 21.2. The van der Waals surface area contributed by atoms with Crippen LogP contribution in [0.3, 0.4) is 0 Å². The van der Waals surface area contributed by atoms with Gasteiger partial charge in [-0.05, 0) is 60.0 Å². The van der Waals surface area contributed by atoms with Crippen LogP contribution in [0.2, 0.25) is 0 Å². The van der Waals surface area contributed by atoms with Gasteiger partial charge in [-0.15, -0.1) is 0 Å². The molecule has 0 bridgehead atoms. The lowest BCUT2D eigenvalue weighted by atomic mass is 9.79. The second-order valence-corrected chi connectivity index (χ2v) is 10.2. The highest BCUT2D eigenvalue weighted by molar-refractivity contribution is 5.94. The lowest BCUT2D eigenvalue weighted by Gasteiger charge is -2.36. The number of benzene rings is 2. The zero-order valence-electron chi connectivity index (χ0n) is 20.9. The number of amides is 1. The number of fused-ring (bicyclic) bond motifs is 2. The Bertz CT molecular complexity index is 1610. The van der Waals surface area contributed by atoms with E-state index in [0.29, 0.717) is 37.7 Å². The van der Waals surface area contributed by atoms with E-state index in [-0.39, 0.29) is 12.5 Å². The van der Waals surface area contributed by atoms with Crippen LogP contribution in [0.15, 0.2) is 66.9 Å². The first kappa shape index (κ1) is 24.2. The maximum absolute atomic E-state index is 13.0. The zero-order valence-corrected chi connectivity index (χ0v) is 20.9. The molecule has 2 aliphatic heterocycles. The molecule has 0 aliphatic carbocycles. The average molecular weight is 507 g/mol. The van der Waals surface area contributed by atoms with E-state index in [1.54, 1.807) is 18.3 Å². The fraction of sp³-hybridized carbons (Fsp3) is 0.267. The highest BCUT2D eigenvalue weighted by Gasteiger charge is 2.38. The summed E-state index contributed by atoms with van der Waals surface area (Å²) in [5, 5.41) is 24.1. The Morgan fingerprint density at radius 1 is 1.11 bits per heavy atom. The van der Waals surface area contributed by atoms with Gasteiger partial charge in [-0.2, -0.15) is 5.26 Å². The van der Waals surface area contributed by atoms with Crippen molar-refractivity contribution in [3.63, 3.8) is 0 Å². The smallest absolute Gasteiger partial charge is 0.251 e. The van der Waals surface area contributed by atoms with E-state index in [0.717, 1.165) is 38.9 Å². The van der Waals surface area contributed by atoms with Crippen molar-refractivity contribution in [3.8, 4) is 17.3 Å². The number of carbonyl (C=O) groups is 1. The predicted molar refractivity (Wildman–Crippen MR) is 140 cm³/mol. The first-order chi connectivity index (χ1) is 18.4. The number of nitrogens with one attached hydrogen (secondary N) is 1. The number of pyridine rings is 2. The first-order valence-corrected chi connectivity index (χ1v) is 12.4. The van der Waals surface area contributed by atoms with E-state index in [9.17, 15) is 15.2 Å². The molecule has 2 aromatic heterocycles. The summed E-state index contributed by atoms with van der Waals surface area (Å²) in [5.41, 5.74) is 4.46. The van der Waals surface area contributed by atoms with E-state index in [4.69, 9.17) is 14.5 Å². The van der Waals surface area contributed by atoms with Crippen LogP contribution in [0.5, 0.6) is 0 Å². The molecular weight excluding hydrogens is 480 g/mol. The zero-order chi connectivity index (χ0) is 26.3. The van der Waals surface area contributed by atoms with Crippen LogP contribution in [0.1, 0.15) is 39.7 Å². The van der Waals surface area contributed by atoms with Crippen LogP contribution in [-0.2, 0) is 33.6 Å². The monoisotopic (exact) mass is 506 g/mol. The maximum Gasteiger partial charge on any atom is 0.251 e. The third-order valence-corrected chi connectivity index (χ3v) is 7.30. The highest BCUT2D eigenvalue weighted by atomic mass is 16.5. The standard InChI is InChI=1S/C30H26N4O4/c1-29(15-31)16-37-14-22-6-5-20(10-25(22)29)28(35)33-13-24-11-27-21(12-32-24)7-8-26(34-27)19-3-2-4-23(9-19)30(36)17-38-18-30/h2-12,36H,13-14,16-18H2,1H3,(H,33,35)/t29-/m1/s1. The van der Waals surface area contributed by atoms with Gasteiger partial charge in [0.1, 0.15) is 11.0 Å². The average Bonchev–Trinajstić information content (AvgIpc) is 2.94. The van der Waals surface area contributed by atoms with Crippen LogP contribution >= 0.6 is 0 Å². The summed E-state index contributed by atoms with van der Waals surface area (Å²) in [5.74, 6) is -0.238. The molecule has 0 saturated carbocycles. The number of hydrogen-bond acceptors (Lipinski definition) is 7. The molecule has 1 amide bonds. The van der Waals surface area contributed by atoms with E-state index in [1.807, 2.05) is 55.5 Å². The number of nitriles is 1. The quantitative estimate of drug-likeness (QED) is 0.423. The Balaban J connectivity index is 1.21. The van der Waals surface area contributed by atoms with E-state index in [1.165, 1.54) is 0 Å². The molecule has 8 nitrogen and oxygen atoms in total. The third kappa shape index (κ3) is 4.31. The van der Waals surface area contributed by atoms with Crippen molar-refractivity contribution in [3.05, 3.63) is 94.8 Å². The number of aromatic nitrogens is 2. The fourth-order valence-electron chi connectivity index (χ4n) is 4.91. The van der Waals surface area contributed by atoms with Crippen LogP contribution in [0, 0.1) is 11.3 Å². The number of hydrogen-bond donors (Lipinski definition) is 2. The predicted octanol–water partition coefficient (Wildman–Crippen LogP) is 3.76. The van der Waals surface area contributed by atoms with Crippen molar-refractivity contribution in [1.82, 2.24) is 15.3 Å². The third-order valence-electron chi connectivity index (χ3n) is 7.30. The molecule has 1 fully saturated rings. The Hall–Kier alpha value is -4.16. The first-order valence-electron chi connectivity index (χ1n) is 12.4. The SMILES string of the molecule is C[C@@]1(C#N)COCc2ccc(C(=O)NCc3cc4nc(-c5cccc(C6(O)COC6)c5)ccc4cn3)cc21. The topological polar surface area (TPSA) is 117 Å². The van der Waals surface area contributed by atoms with Gasteiger partial charge in [-0.3, -0.25) is 9.78 Å². The number of rotatable bonds is 5. The van der Waals surface area contributed by atoms with E-state index in [2.05, 4.69) is 16.4 Å². The Labute approximate surface area is 219 Å². The van der Waals surface area contributed by atoms with Gasteiger partial charge in [0, 0.05) is 22.7 Å². The second kappa shape index (κ2) is 9.30. The van der Waals surface area contributed by atoms with Crippen molar-refractivity contribution in [2.75, 3.05) is 19.8 Å². The Morgan fingerprint density at radius 2 is 1.97 bits per heavy atom. The van der Waals surface area contributed by atoms with Crippen molar-refractivity contribution in [2.24, 2.45) is 0 Å². The van der Waals surface area contributed by atoms with Crippen molar-refractivity contribution >= 4 is 16.8 Å². The second-order valence-electron chi connectivity index (χ2n) is 10.2. The van der Waals surface area contributed by atoms with Crippen molar-refractivity contribution < 1.29 is 19.4 Å². The van der Waals surface area contributed by atoms with Crippen molar-refractivity contribution in [2.45, 2.75) is 31.1 Å². The summed E-state index contributed by atoms with van der Waals surface area (Å²) >= 11 is 0. The van der Waals surface area contributed by atoms with Gasteiger partial charge >= 0.3 is 0 Å². The number of nitrogens with zero attached hydrogens (tertiary/aromatic N) is 3. The molecule has 4 heterocycles. The Kier molecular flexibility index (Phi) is 5.92. The van der Waals surface area contributed by atoms with Crippen LogP contribution < -0.4 is 5.32 Å². The van der Waals surface area contributed by atoms with Gasteiger partial charge in [-0.25, -0.2) is 4.98 Å². The molecule has 2 aromatic carbocycles. The molecule has 2 aliphatic rings. The van der Waals surface area contributed by atoms with E-state index < -0.39 is 11.0 Å². The molecule has 4 aromatic rings. The number of carbonyl (C=O) groups excluding carboxylic acids is 1. The molecule has 6 rings (SSSR count). The summed E-state index contributed by atoms with van der Waals surface area (Å²) in [7, 11) is 0. The molecule has 8 heteroatoms. The van der Waals surface area contributed by atoms with Crippen LogP contribution in [-0.4, -0.2) is 40.8 Å². The molecule has 0 unspecified atom stereocenters. The van der Waals surface area contributed by atoms with Gasteiger partial charge in [0.15, 0.2) is 0 Å². The largest absolute Gasteiger partial charge is 0.380 e. The molecule has 38 heavy (non-hydrogen) atoms. The fourth-order valence-corrected chi connectivity index (χ4v) is 4.91. The lowest BCUT2D eigenvalue weighted by molar-refractivity contribution is -0.184. The van der Waals surface area contributed by atoms with Crippen molar-refractivity contribution in [1.29, 1.82) is 5.26 Å². The van der Waals surface area contributed by atoms with Gasteiger partial charge < -0.3 is 19.9 Å². The summed E-state index contributed by atoms with van der Waals surface area (Å²) in [6.07, 6.45) is 1.75. The molecule has 1 atom stereocenters. The minimum absolute atomic E-state index is 0.235. The highest BCUT2D eigenvalue weighted by Crippen LogP contribution is 2.33. The number of ether oxygens (including phenoxy) is 2.